The predicted molar refractivity (Wildman–Crippen MR) is 71.1 cm³/mol. The first-order chi connectivity index (χ1) is 9.67. The molecule has 1 N–H and O–H groups in total. The van der Waals surface area contributed by atoms with E-state index in [0.29, 0.717) is 0 Å². The van der Waals surface area contributed by atoms with Crippen LogP contribution in [0.3, 0.4) is 0 Å². The van der Waals surface area contributed by atoms with Gasteiger partial charge in [-0.15, -0.1) is 0 Å². The average Bonchev–Trinajstić information content (AvgIpc) is 2.83. The van der Waals surface area contributed by atoms with Gasteiger partial charge in [-0.3, -0.25) is 0 Å². The van der Waals surface area contributed by atoms with E-state index in [1.54, 1.807) is 12.1 Å². The van der Waals surface area contributed by atoms with Crippen molar-refractivity contribution >= 4 is 6.08 Å². The molecule has 0 aliphatic carbocycles. The van der Waals surface area contributed by atoms with Crippen LogP contribution in [0.1, 0.15) is 22.6 Å². The molecule has 0 fully saturated rings. The van der Waals surface area contributed by atoms with Crippen molar-refractivity contribution in [1.29, 1.82) is 15.8 Å². The van der Waals surface area contributed by atoms with E-state index in [0.717, 1.165) is 0 Å². The minimum atomic E-state index is -0.573. The Morgan fingerprint density at radius 2 is 1.60 bits per heavy atom. The summed E-state index contributed by atoms with van der Waals surface area (Å²) in [6.45, 7) is 3.63. The van der Waals surface area contributed by atoms with Gasteiger partial charge in [-0.05, 0) is 5.56 Å². The van der Waals surface area contributed by atoms with Crippen LogP contribution >= 0.6 is 0 Å². The van der Waals surface area contributed by atoms with Gasteiger partial charge >= 0.3 is 0 Å². The predicted octanol–water partition coefficient (Wildman–Crippen LogP) is 2.93. The summed E-state index contributed by atoms with van der Waals surface area (Å²) in [7, 11) is 0. The lowest BCUT2D eigenvalue weighted by Crippen LogP contribution is -1.73. The summed E-state index contributed by atoms with van der Waals surface area (Å²) in [6, 6.07) is 14.6. The fourth-order valence-corrected chi connectivity index (χ4v) is 1.27. The van der Waals surface area contributed by atoms with Crippen LogP contribution in [-0.2, 0) is 0 Å². The van der Waals surface area contributed by atoms with Gasteiger partial charge in [0, 0.05) is 0 Å². The van der Waals surface area contributed by atoms with E-state index in [1.165, 1.54) is 11.6 Å². The summed E-state index contributed by atoms with van der Waals surface area (Å²) in [5.41, 5.74) is 0.876. The van der Waals surface area contributed by atoms with Gasteiger partial charge in [-0.1, -0.05) is 43.0 Å². The molecule has 1 aromatic carbocycles. The quantitative estimate of drug-likeness (QED) is 0.851. The molecular formula is C15H9N3O2. The topological polar surface area (TPSA) is 105 Å². The number of benzene rings is 1. The third-order valence-electron chi connectivity index (χ3n) is 2.23. The first-order valence-corrected chi connectivity index (χ1v) is 5.41. The van der Waals surface area contributed by atoms with E-state index < -0.39 is 11.5 Å². The SMILES string of the molecule is C=Cc1ccccc1.N#Cc1oc(C#N)c(C#N)c1O. The van der Waals surface area contributed by atoms with Gasteiger partial charge in [0.1, 0.15) is 18.2 Å². The Labute approximate surface area is 115 Å². The average molecular weight is 263 g/mol. The van der Waals surface area contributed by atoms with Crippen LogP contribution in [0.2, 0.25) is 0 Å². The van der Waals surface area contributed by atoms with Crippen molar-refractivity contribution in [3.05, 3.63) is 59.6 Å². The number of nitrogens with zero attached hydrogens (tertiary/aromatic N) is 3. The lowest BCUT2D eigenvalue weighted by atomic mass is 10.2. The Bertz CT molecular complexity index is 725. The minimum Gasteiger partial charge on any atom is -0.503 e. The number of nitriles is 3. The number of aromatic hydroxyl groups is 1. The highest BCUT2D eigenvalue weighted by Gasteiger charge is 2.18. The third-order valence-corrected chi connectivity index (χ3v) is 2.23. The molecule has 0 aliphatic heterocycles. The third kappa shape index (κ3) is 3.26. The van der Waals surface area contributed by atoms with Crippen LogP contribution in [0.4, 0.5) is 0 Å². The van der Waals surface area contributed by atoms with Gasteiger partial charge in [-0.2, -0.15) is 15.8 Å². The van der Waals surface area contributed by atoms with Crippen LogP contribution < -0.4 is 0 Å². The molecule has 0 saturated carbocycles. The molecule has 20 heavy (non-hydrogen) atoms. The van der Waals surface area contributed by atoms with Crippen LogP contribution in [0.25, 0.3) is 6.08 Å². The highest BCUT2D eigenvalue weighted by molar-refractivity contribution is 5.54. The molecule has 5 nitrogen and oxygen atoms in total. The monoisotopic (exact) mass is 263 g/mol. The molecule has 0 bridgehead atoms. The van der Waals surface area contributed by atoms with Crippen molar-refractivity contribution in [2.75, 3.05) is 0 Å². The van der Waals surface area contributed by atoms with Crippen LogP contribution in [0.5, 0.6) is 5.75 Å². The second-order valence-corrected chi connectivity index (χ2v) is 3.43. The Morgan fingerprint density at radius 1 is 1.00 bits per heavy atom. The normalized spacial score (nSPS) is 8.25. The molecule has 2 aromatic rings. The molecule has 0 saturated heterocycles. The van der Waals surface area contributed by atoms with Crippen molar-refractivity contribution < 1.29 is 9.52 Å². The Balaban J connectivity index is 0.000000217. The van der Waals surface area contributed by atoms with Gasteiger partial charge in [0.05, 0.1) is 0 Å². The van der Waals surface area contributed by atoms with Gasteiger partial charge in [-0.25, -0.2) is 0 Å². The summed E-state index contributed by atoms with van der Waals surface area (Å²) in [6.07, 6.45) is 1.83. The number of furan rings is 1. The molecule has 0 atom stereocenters. The molecule has 5 heteroatoms. The summed E-state index contributed by atoms with van der Waals surface area (Å²) in [5.74, 6) is -1.33. The van der Waals surface area contributed by atoms with Crippen LogP contribution in [0.15, 0.2) is 41.3 Å². The van der Waals surface area contributed by atoms with Crippen molar-refractivity contribution in [2.45, 2.75) is 0 Å². The zero-order valence-electron chi connectivity index (χ0n) is 10.4. The first-order valence-electron chi connectivity index (χ1n) is 5.41. The molecule has 96 valence electrons. The molecular weight excluding hydrogens is 254 g/mol. The minimum absolute atomic E-state index is 0.297. The van der Waals surface area contributed by atoms with E-state index in [9.17, 15) is 0 Å². The van der Waals surface area contributed by atoms with E-state index >= 15 is 0 Å². The molecule has 0 radical (unpaired) electrons. The van der Waals surface area contributed by atoms with E-state index in [1.807, 2.05) is 36.4 Å². The van der Waals surface area contributed by atoms with Crippen molar-refractivity contribution in [2.24, 2.45) is 0 Å². The Morgan fingerprint density at radius 3 is 1.95 bits per heavy atom. The molecule has 0 spiro atoms. The van der Waals surface area contributed by atoms with Crippen molar-refractivity contribution in [1.82, 2.24) is 0 Å². The van der Waals surface area contributed by atoms with Crippen LogP contribution in [0, 0.1) is 34.0 Å². The van der Waals surface area contributed by atoms with Crippen LogP contribution in [-0.4, -0.2) is 5.11 Å². The zero-order chi connectivity index (χ0) is 15.0. The van der Waals surface area contributed by atoms with E-state index in [2.05, 4.69) is 11.0 Å². The second-order valence-electron chi connectivity index (χ2n) is 3.43. The van der Waals surface area contributed by atoms with Gasteiger partial charge in [0.25, 0.3) is 0 Å². The molecule has 0 amide bonds. The van der Waals surface area contributed by atoms with E-state index in [4.69, 9.17) is 20.9 Å². The maximum Gasteiger partial charge on any atom is 0.248 e. The Kier molecular flexibility index (Phi) is 5.14. The highest BCUT2D eigenvalue weighted by atomic mass is 16.4. The molecule has 0 aliphatic rings. The fraction of sp³-hybridized carbons (Fsp3) is 0. The number of hydrogen-bond donors (Lipinski definition) is 1. The summed E-state index contributed by atoms with van der Waals surface area (Å²) >= 11 is 0. The standard InChI is InChI=1S/C8H8.C7HN3O2/c1-2-8-6-4-3-5-7-8;8-1-4-5(2-9)12-6(3-10)7(4)11/h2-7H,1H2;11H. The fourth-order valence-electron chi connectivity index (χ4n) is 1.27. The zero-order valence-corrected chi connectivity index (χ0v) is 10.4. The Hall–Kier alpha value is -3.49. The first kappa shape index (κ1) is 14.6. The van der Waals surface area contributed by atoms with Gasteiger partial charge in [0.15, 0.2) is 11.3 Å². The van der Waals surface area contributed by atoms with Gasteiger partial charge < -0.3 is 9.52 Å². The van der Waals surface area contributed by atoms with Crippen molar-refractivity contribution in [3.63, 3.8) is 0 Å². The lowest BCUT2D eigenvalue weighted by molar-refractivity contribution is 0.450. The largest absolute Gasteiger partial charge is 0.503 e. The summed E-state index contributed by atoms with van der Waals surface area (Å²) < 4.78 is 4.54. The van der Waals surface area contributed by atoms with Gasteiger partial charge in [0.2, 0.25) is 11.5 Å². The molecule has 0 unspecified atom stereocenters. The molecule has 1 heterocycles. The maximum atomic E-state index is 9.05. The summed E-state index contributed by atoms with van der Waals surface area (Å²) in [4.78, 5) is 0. The van der Waals surface area contributed by atoms with Crippen molar-refractivity contribution in [3.8, 4) is 24.0 Å². The van der Waals surface area contributed by atoms with E-state index in [-0.39, 0.29) is 11.3 Å². The lowest BCUT2D eigenvalue weighted by Gasteiger charge is -1.85. The highest BCUT2D eigenvalue weighted by Crippen LogP contribution is 2.27. The summed E-state index contributed by atoms with van der Waals surface area (Å²) in [5, 5.41) is 34.2. The number of hydrogen-bond acceptors (Lipinski definition) is 5. The smallest absolute Gasteiger partial charge is 0.248 e. The second kappa shape index (κ2) is 7.06. The maximum absolute atomic E-state index is 9.05. The number of rotatable bonds is 1. The molecule has 1 aromatic heterocycles. The molecule has 2 rings (SSSR count).